The smallest absolute Gasteiger partial charge is 0.341 e. The first-order valence-corrected chi connectivity index (χ1v) is 11.6. The van der Waals surface area contributed by atoms with E-state index in [2.05, 4.69) is 15.5 Å². The van der Waals surface area contributed by atoms with Crippen LogP contribution in [-0.4, -0.2) is 39.5 Å². The molecule has 0 fully saturated rings. The highest BCUT2D eigenvalue weighted by Gasteiger charge is 2.22. The van der Waals surface area contributed by atoms with Gasteiger partial charge >= 0.3 is 5.97 Å². The van der Waals surface area contributed by atoms with Gasteiger partial charge in [0.15, 0.2) is 11.0 Å². The number of carbonyl (C=O) groups is 2. The standard InChI is InChI=1S/C23H20N4O3S2/c1-27-20(16-11-7-4-8-12-16)25-26-23(27)32-14-18(28)24-21-19(22(29)30-2)17(13-31-21)15-9-5-3-6-10-15/h3-13H,14H2,1-2H3,(H,24,28). The van der Waals surface area contributed by atoms with Crippen LogP contribution >= 0.6 is 23.1 Å². The van der Waals surface area contributed by atoms with Gasteiger partial charge < -0.3 is 14.6 Å². The number of anilines is 1. The number of ether oxygens (including phenoxy) is 1. The molecule has 0 unspecified atom stereocenters. The van der Waals surface area contributed by atoms with Crippen LogP contribution in [0.2, 0.25) is 0 Å². The summed E-state index contributed by atoms with van der Waals surface area (Å²) >= 11 is 2.57. The Morgan fingerprint density at radius 3 is 2.34 bits per heavy atom. The number of esters is 1. The Labute approximate surface area is 193 Å². The van der Waals surface area contributed by atoms with E-state index in [0.29, 0.717) is 15.7 Å². The Balaban J connectivity index is 1.48. The van der Waals surface area contributed by atoms with Gasteiger partial charge in [0, 0.05) is 23.6 Å². The van der Waals surface area contributed by atoms with Crippen molar-refractivity contribution >= 4 is 40.0 Å². The van der Waals surface area contributed by atoms with Crippen LogP contribution in [0.4, 0.5) is 5.00 Å². The Bertz CT molecular complexity index is 1240. The fraction of sp³-hybridized carbons (Fsp3) is 0.130. The minimum Gasteiger partial charge on any atom is -0.465 e. The maximum absolute atomic E-state index is 12.6. The topological polar surface area (TPSA) is 86.1 Å². The van der Waals surface area contributed by atoms with E-state index in [1.807, 2.05) is 77.7 Å². The van der Waals surface area contributed by atoms with Crippen molar-refractivity contribution in [2.24, 2.45) is 7.05 Å². The highest BCUT2D eigenvalue weighted by Crippen LogP contribution is 2.36. The van der Waals surface area contributed by atoms with Gasteiger partial charge in [-0.05, 0) is 5.56 Å². The SMILES string of the molecule is COC(=O)c1c(-c2ccccc2)csc1NC(=O)CSc1nnc(-c2ccccc2)n1C. The highest BCUT2D eigenvalue weighted by molar-refractivity contribution is 7.99. The molecule has 0 radical (unpaired) electrons. The molecule has 0 saturated heterocycles. The Morgan fingerprint density at radius 2 is 1.69 bits per heavy atom. The van der Waals surface area contributed by atoms with Crippen molar-refractivity contribution in [2.45, 2.75) is 5.16 Å². The third kappa shape index (κ3) is 4.58. The number of benzene rings is 2. The molecule has 0 bridgehead atoms. The van der Waals surface area contributed by atoms with Gasteiger partial charge in [0.05, 0.1) is 12.9 Å². The van der Waals surface area contributed by atoms with Crippen LogP contribution < -0.4 is 5.32 Å². The van der Waals surface area contributed by atoms with Gasteiger partial charge in [-0.3, -0.25) is 4.79 Å². The lowest BCUT2D eigenvalue weighted by atomic mass is 10.0. The van der Waals surface area contributed by atoms with Crippen LogP contribution in [0.25, 0.3) is 22.5 Å². The molecule has 2 aromatic heterocycles. The molecule has 7 nitrogen and oxygen atoms in total. The van der Waals surface area contributed by atoms with Crippen LogP contribution in [0.3, 0.4) is 0 Å². The van der Waals surface area contributed by atoms with Crippen molar-refractivity contribution in [1.29, 1.82) is 0 Å². The van der Waals surface area contributed by atoms with E-state index in [-0.39, 0.29) is 11.7 Å². The fourth-order valence-electron chi connectivity index (χ4n) is 3.16. The number of nitrogens with zero attached hydrogens (tertiary/aromatic N) is 3. The molecular weight excluding hydrogens is 444 g/mol. The van der Waals surface area contributed by atoms with E-state index in [9.17, 15) is 9.59 Å². The van der Waals surface area contributed by atoms with Gasteiger partial charge in [0.1, 0.15) is 10.6 Å². The predicted molar refractivity (Wildman–Crippen MR) is 127 cm³/mol. The zero-order valence-corrected chi connectivity index (χ0v) is 19.1. The first-order chi connectivity index (χ1) is 15.6. The molecule has 1 amide bonds. The van der Waals surface area contributed by atoms with E-state index in [4.69, 9.17) is 4.74 Å². The normalized spacial score (nSPS) is 10.7. The summed E-state index contributed by atoms with van der Waals surface area (Å²) in [4.78, 5) is 25.1. The monoisotopic (exact) mass is 464 g/mol. The Morgan fingerprint density at radius 1 is 1.03 bits per heavy atom. The van der Waals surface area contributed by atoms with Crippen LogP contribution in [0.5, 0.6) is 0 Å². The average molecular weight is 465 g/mol. The summed E-state index contributed by atoms with van der Waals surface area (Å²) in [6, 6.07) is 19.3. The van der Waals surface area contributed by atoms with Crippen molar-refractivity contribution in [1.82, 2.24) is 14.8 Å². The Hall–Kier alpha value is -3.43. The third-order valence-corrected chi connectivity index (χ3v) is 6.63. The van der Waals surface area contributed by atoms with E-state index in [1.165, 1.54) is 30.2 Å². The number of hydrogen-bond donors (Lipinski definition) is 1. The zero-order valence-electron chi connectivity index (χ0n) is 17.4. The van der Waals surface area contributed by atoms with Gasteiger partial charge in [-0.25, -0.2) is 4.79 Å². The van der Waals surface area contributed by atoms with Gasteiger partial charge in [0.2, 0.25) is 5.91 Å². The molecule has 0 atom stereocenters. The number of nitrogens with one attached hydrogen (secondary N) is 1. The number of rotatable bonds is 7. The van der Waals surface area contributed by atoms with Crippen LogP contribution in [-0.2, 0) is 16.6 Å². The lowest BCUT2D eigenvalue weighted by Gasteiger charge is -2.08. The molecule has 0 saturated carbocycles. The summed E-state index contributed by atoms with van der Waals surface area (Å²) in [6.07, 6.45) is 0. The second-order valence-corrected chi connectivity index (χ2v) is 8.60. The van der Waals surface area contributed by atoms with E-state index in [1.54, 1.807) is 0 Å². The lowest BCUT2D eigenvalue weighted by molar-refractivity contribution is -0.113. The largest absolute Gasteiger partial charge is 0.465 e. The van der Waals surface area contributed by atoms with E-state index in [0.717, 1.165) is 22.5 Å². The average Bonchev–Trinajstić information content (AvgIpc) is 3.41. The van der Waals surface area contributed by atoms with Crippen LogP contribution in [0.15, 0.2) is 71.2 Å². The summed E-state index contributed by atoms with van der Waals surface area (Å²) in [5.74, 6) is 0.118. The van der Waals surface area contributed by atoms with Crippen molar-refractivity contribution in [3.05, 3.63) is 71.6 Å². The molecule has 0 spiro atoms. The summed E-state index contributed by atoms with van der Waals surface area (Å²) in [7, 11) is 3.19. The summed E-state index contributed by atoms with van der Waals surface area (Å²) < 4.78 is 6.81. The molecule has 2 aromatic carbocycles. The van der Waals surface area contributed by atoms with Crippen molar-refractivity contribution in [2.75, 3.05) is 18.2 Å². The molecule has 0 aliphatic carbocycles. The number of hydrogen-bond acceptors (Lipinski definition) is 7. The third-order valence-electron chi connectivity index (χ3n) is 4.72. The summed E-state index contributed by atoms with van der Waals surface area (Å²) in [5, 5.41) is 14.2. The summed E-state index contributed by atoms with van der Waals surface area (Å²) in [5.41, 5.74) is 2.92. The molecule has 1 N–H and O–H groups in total. The number of thiophene rings is 1. The quantitative estimate of drug-likeness (QED) is 0.314. The molecule has 0 aliphatic rings. The first kappa shape index (κ1) is 21.8. The molecule has 4 aromatic rings. The van der Waals surface area contributed by atoms with Gasteiger partial charge in [-0.15, -0.1) is 21.5 Å². The second-order valence-electron chi connectivity index (χ2n) is 6.78. The van der Waals surface area contributed by atoms with E-state index >= 15 is 0 Å². The number of methoxy groups -OCH3 is 1. The maximum Gasteiger partial charge on any atom is 0.341 e. The maximum atomic E-state index is 12.6. The second kappa shape index (κ2) is 9.80. The Kier molecular flexibility index (Phi) is 6.67. The molecular formula is C23H20N4O3S2. The number of carbonyl (C=O) groups excluding carboxylic acids is 2. The first-order valence-electron chi connectivity index (χ1n) is 9.71. The number of amides is 1. The molecule has 32 heavy (non-hydrogen) atoms. The molecule has 162 valence electrons. The van der Waals surface area contributed by atoms with Gasteiger partial charge in [-0.2, -0.15) is 0 Å². The highest BCUT2D eigenvalue weighted by atomic mass is 32.2. The fourth-order valence-corrected chi connectivity index (χ4v) is 4.84. The number of thioether (sulfide) groups is 1. The minimum atomic E-state index is -0.492. The number of aromatic nitrogens is 3. The zero-order chi connectivity index (χ0) is 22.5. The van der Waals surface area contributed by atoms with Gasteiger partial charge in [0.25, 0.3) is 0 Å². The van der Waals surface area contributed by atoms with Crippen molar-refractivity contribution in [3.63, 3.8) is 0 Å². The van der Waals surface area contributed by atoms with Gasteiger partial charge in [-0.1, -0.05) is 72.4 Å². The lowest BCUT2D eigenvalue weighted by Crippen LogP contribution is -2.16. The predicted octanol–water partition coefficient (Wildman–Crippen LogP) is 4.73. The molecule has 0 aliphatic heterocycles. The van der Waals surface area contributed by atoms with E-state index < -0.39 is 5.97 Å². The molecule has 4 rings (SSSR count). The molecule has 9 heteroatoms. The molecule has 2 heterocycles. The minimum absolute atomic E-state index is 0.125. The van der Waals surface area contributed by atoms with Crippen molar-refractivity contribution < 1.29 is 14.3 Å². The van der Waals surface area contributed by atoms with Crippen molar-refractivity contribution in [3.8, 4) is 22.5 Å². The van der Waals surface area contributed by atoms with Crippen LogP contribution in [0.1, 0.15) is 10.4 Å². The van der Waals surface area contributed by atoms with Crippen LogP contribution in [0, 0.1) is 0 Å². The summed E-state index contributed by atoms with van der Waals surface area (Å²) in [6.45, 7) is 0.